The molecular weight excluding hydrogens is 151 g/mol. The minimum absolute atomic E-state index is 0.183. The van der Waals surface area contributed by atoms with Crippen molar-refractivity contribution in [1.82, 2.24) is 0 Å². The maximum absolute atomic E-state index is 5.40. The van der Waals surface area contributed by atoms with E-state index in [2.05, 4.69) is 4.99 Å². The Labute approximate surface area is 72.9 Å². The summed E-state index contributed by atoms with van der Waals surface area (Å²) < 4.78 is 0. The summed E-state index contributed by atoms with van der Waals surface area (Å²) >= 11 is 0. The Morgan fingerprint density at radius 2 is 1.92 bits per heavy atom. The molecule has 0 atom stereocenters. The van der Waals surface area contributed by atoms with E-state index in [0.29, 0.717) is 5.82 Å². The second kappa shape index (κ2) is 6.09. The number of allylic oxidation sites excluding steroid dienone is 3. The Kier molecular flexibility index (Phi) is 5.26. The van der Waals surface area contributed by atoms with Crippen LogP contribution in [-0.2, 0) is 0 Å². The fourth-order valence-corrected chi connectivity index (χ4v) is 0.403. The van der Waals surface area contributed by atoms with Crippen LogP contribution in [-0.4, -0.2) is 14.1 Å². The van der Waals surface area contributed by atoms with E-state index in [4.69, 9.17) is 25.0 Å². The van der Waals surface area contributed by atoms with Crippen LogP contribution < -0.4 is 17.2 Å². The van der Waals surface area contributed by atoms with Gasteiger partial charge in [0.25, 0.3) is 0 Å². The minimum Gasteiger partial charge on any atom is -0.411 e. The number of hydrogen-bond donors (Lipinski definition) is 3. The van der Waals surface area contributed by atoms with Gasteiger partial charge in [-0.3, -0.25) is 0 Å². The molecule has 0 aliphatic rings. The van der Waals surface area contributed by atoms with E-state index in [1.54, 1.807) is 6.08 Å². The molecule has 0 aromatic rings. The zero-order chi connectivity index (χ0) is 9.40. The van der Waals surface area contributed by atoms with Crippen molar-refractivity contribution in [2.24, 2.45) is 22.2 Å². The number of rotatable bonds is 3. The lowest BCUT2D eigenvalue weighted by Crippen LogP contribution is -1.96. The van der Waals surface area contributed by atoms with Crippen LogP contribution in [0.3, 0.4) is 0 Å². The average Bonchev–Trinajstić information content (AvgIpc) is 2.01. The van der Waals surface area contributed by atoms with E-state index in [9.17, 15) is 0 Å². The van der Waals surface area contributed by atoms with Gasteiger partial charge in [0.1, 0.15) is 13.7 Å². The highest BCUT2D eigenvalue weighted by Crippen LogP contribution is 1.86. The normalized spacial score (nSPS) is 14.7. The van der Waals surface area contributed by atoms with Crippen molar-refractivity contribution < 1.29 is 0 Å². The zero-order valence-corrected chi connectivity index (χ0v) is 6.64. The van der Waals surface area contributed by atoms with Gasteiger partial charge in [0.05, 0.1) is 0 Å². The molecule has 0 saturated heterocycles. The van der Waals surface area contributed by atoms with Gasteiger partial charge in [-0.05, 0) is 23.9 Å². The predicted molar refractivity (Wildman–Crippen MR) is 52.1 cm³/mol. The molecule has 0 rings (SSSR count). The fourth-order valence-electron chi connectivity index (χ4n) is 0.403. The first-order chi connectivity index (χ1) is 5.66. The maximum atomic E-state index is 5.40. The van der Waals surface area contributed by atoms with Crippen LogP contribution in [0.5, 0.6) is 0 Å². The van der Waals surface area contributed by atoms with Crippen molar-refractivity contribution in [3.63, 3.8) is 0 Å². The second-order valence-electron chi connectivity index (χ2n) is 1.92. The molecule has 0 spiro atoms. The Balaban J connectivity index is 4.11. The van der Waals surface area contributed by atoms with Gasteiger partial charge in [0, 0.05) is 6.21 Å². The van der Waals surface area contributed by atoms with Crippen molar-refractivity contribution >= 4 is 14.1 Å². The number of aliphatic imine (C=N–C) groups is 1. The molecule has 0 fully saturated rings. The molecule has 0 aromatic carbocycles. The fraction of sp³-hybridized carbons (Fsp3) is 0. The molecule has 2 radical (unpaired) electrons. The predicted octanol–water partition coefficient (Wildman–Crippen LogP) is -0.702. The van der Waals surface area contributed by atoms with Gasteiger partial charge in [0.15, 0.2) is 0 Å². The molecule has 0 amide bonds. The first-order valence-electron chi connectivity index (χ1n) is 3.26. The number of nitrogens with two attached hydrogens (primary N) is 3. The monoisotopic (exact) mass is 162 g/mol. The summed E-state index contributed by atoms with van der Waals surface area (Å²) in [5.41, 5.74) is 15.8. The third kappa shape index (κ3) is 6.47. The lowest BCUT2D eigenvalue weighted by molar-refractivity contribution is 1.25. The van der Waals surface area contributed by atoms with Gasteiger partial charge in [-0.1, -0.05) is 6.08 Å². The van der Waals surface area contributed by atoms with Crippen LogP contribution in [0.2, 0.25) is 0 Å². The summed E-state index contributed by atoms with van der Waals surface area (Å²) in [4.78, 5) is 3.78. The van der Waals surface area contributed by atoms with Gasteiger partial charge in [0.2, 0.25) is 0 Å². The molecule has 0 aliphatic heterocycles. The Bertz CT molecular complexity index is 236. The molecule has 0 heterocycles. The second-order valence-corrected chi connectivity index (χ2v) is 1.92. The van der Waals surface area contributed by atoms with E-state index >= 15 is 0 Å². The van der Waals surface area contributed by atoms with Crippen molar-refractivity contribution in [3.8, 4) is 0 Å². The highest BCUT2D eigenvalue weighted by atomic mass is 14.9. The van der Waals surface area contributed by atoms with E-state index < -0.39 is 0 Å². The SMILES string of the molecule is [B]/C(N)=C/C=C(N)/N=C/C=C\N. The summed E-state index contributed by atoms with van der Waals surface area (Å²) in [5, 5.41) is 0. The van der Waals surface area contributed by atoms with Gasteiger partial charge < -0.3 is 17.2 Å². The topological polar surface area (TPSA) is 90.4 Å². The van der Waals surface area contributed by atoms with Gasteiger partial charge >= 0.3 is 0 Å². The van der Waals surface area contributed by atoms with Crippen LogP contribution in [0.4, 0.5) is 0 Å². The molecule has 0 aromatic heterocycles. The molecule has 6 N–H and O–H groups in total. The van der Waals surface area contributed by atoms with E-state index in [1.165, 1.54) is 24.6 Å². The summed E-state index contributed by atoms with van der Waals surface area (Å²) in [7, 11) is 5.15. The van der Waals surface area contributed by atoms with Gasteiger partial charge in [-0.2, -0.15) is 0 Å². The third-order valence-electron chi connectivity index (χ3n) is 0.867. The first kappa shape index (κ1) is 10.4. The molecule has 5 heteroatoms. The van der Waals surface area contributed by atoms with Crippen LogP contribution >= 0.6 is 0 Å². The molecule has 4 nitrogen and oxygen atoms in total. The Morgan fingerprint density at radius 1 is 1.25 bits per heavy atom. The lowest BCUT2D eigenvalue weighted by atomic mass is 10.1. The van der Waals surface area contributed by atoms with Gasteiger partial charge in [-0.15, -0.1) is 0 Å². The quantitative estimate of drug-likeness (QED) is 0.291. The van der Waals surface area contributed by atoms with E-state index in [0.717, 1.165) is 0 Å². The Hall–Kier alpha value is -1.65. The van der Waals surface area contributed by atoms with Crippen LogP contribution in [0.25, 0.3) is 0 Å². The van der Waals surface area contributed by atoms with Crippen LogP contribution in [0, 0.1) is 0 Å². The van der Waals surface area contributed by atoms with Crippen molar-refractivity contribution in [2.45, 2.75) is 0 Å². The Morgan fingerprint density at radius 3 is 2.42 bits per heavy atom. The largest absolute Gasteiger partial charge is 0.411 e. The highest BCUT2D eigenvalue weighted by molar-refractivity contribution is 6.21. The van der Waals surface area contributed by atoms with E-state index in [-0.39, 0.29) is 5.60 Å². The van der Waals surface area contributed by atoms with Crippen molar-refractivity contribution in [3.05, 3.63) is 35.8 Å². The highest BCUT2D eigenvalue weighted by Gasteiger charge is 1.78. The minimum atomic E-state index is 0.183. The standard InChI is InChI=1S/C7H11BN4/c8-6(10)2-3-7(11)12-5-1-4-9/h1-5H,9-11H2/b4-1-,6-2-,7-3+,12-5+. The molecule has 62 valence electrons. The summed E-state index contributed by atoms with van der Waals surface area (Å²) in [6.07, 6.45) is 7.32. The summed E-state index contributed by atoms with van der Waals surface area (Å²) in [5.74, 6) is 0.307. The zero-order valence-electron chi connectivity index (χ0n) is 6.64. The first-order valence-corrected chi connectivity index (χ1v) is 3.26. The smallest absolute Gasteiger partial charge is 0.137 e. The average molecular weight is 162 g/mol. The van der Waals surface area contributed by atoms with Crippen molar-refractivity contribution in [2.75, 3.05) is 0 Å². The molecular formula is C7H11BN4. The molecule has 0 unspecified atom stereocenters. The summed E-state index contributed by atoms with van der Waals surface area (Å²) in [6, 6.07) is 0. The third-order valence-corrected chi connectivity index (χ3v) is 0.867. The molecule has 0 bridgehead atoms. The molecule has 0 saturated carbocycles. The van der Waals surface area contributed by atoms with Crippen LogP contribution in [0.1, 0.15) is 0 Å². The molecule has 12 heavy (non-hydrogen) atoms. The number of nitrogens with zero attached hydrogens (tertiary/aromatic N) is 1. The van der Waals surface area contributed by atoms with Crippen molar-refractivity contribution in [1.29, 1.82) is 0 Å². The number of hydrogen-bond acceptors (Lipinski definition) is 4. The van der Waals surface area contributed by atoms with E-state index in [1.807, 2.05) is 0 Å². The summed E-state index contributed by atoms with van der Waals surface area (Å²) in [6.45, 7) is 0. The molecule has 0 aliphatic carbocycles. The van der Waals surface area contributed by atoms with Gasteiger partial charge in [-0.25, -0.2) is 4.99 Å². The maximum Gasteiger partial charge on any atom is 0.137 e. The van der Waals surface area contributed by atoms with Crippen LogP contribution in [0.15, 0.2) is 40.8 Å². The lowest BCUT2D eigenvalue weighted by Gasteiger charge is -1.88.